The number of benzene rings is 7. The zero-order chi connectivity index (χ0) is 48.6. The fourth-order valence-corrected chi connectivity index (χ4v) is 13.2. The molecule has 8 heteroatoms. The molecule has 7 aromatic carbocycles. The fourth-order valence-electron chi connectivity index (χ4n) is 11.6. The van der Waals surface area contributed by atoms with Crippen LogP contribution in [-0.4, -0.2) is 13.4 Å². The lowest BCUT2D eigenvalue weighted by Gasteiger charge is -2.47. The third-order valence-corrected chi connectivity index (χ3v) is 17.3. The van der Waals surface area contributed by atoms with Crippen molar-refractivity contribution in [1.29, 1.82) is 0 Å². The number of hydrogen-bond donors (Lipinski definition) is 0. The number of thiophene rings is 2. The first-order chi connectivity index (χ1) is 33.2. The quantitative estimate of drug-likeness (QED) is 0.161. The molecular formula is C62H58B2N2O2S2. The molecule has 0 aliphatic carbocycles. The Morgan fingerprint density at radius 3 is 1.10 bits per heavy atom. The first-order valence-corrected chi connectivity index (χ1v) is 26.7. The van der Waals surface area contributed by atoms with Gasteiger partial charge < -0.3 is 19.3 Å². The zero-order valence-electron chi connectivity index (χ0n) is 42.4. The van der Waals surface area contributed by atoms with E-state index in [1.165, 1.54) is 64.3 Å². The Balaban J connectivity index is 1.21. The lowest BCUT2D eigenvalue weighted by atomic mass is 9.31. The number of fused-ring (bicyclic) bond motifs is 12. The van der Waals surface area contributed by atoms with Crippen molar-refractivity contribution in [3.63, 3.8) is 0 Å². The van der Waals surface area contributed by atoms with E-state index in [1.54, 1.807) is 22.7 Å². The minimum Gasteiger partial charge on any atom is -0.456 e. The van der Waals surface area contributed by atoms with Gasteiger partial charge in [0.15, 0.2) is 0 Å². The summed E-state index contributed by atoms with van der Waals surface area (Å²) in [6, 6.07) is 47.0. The van der Waals surface area contributed by atoms with E-state index in [4.69, 9.17) is 9.47 Å². The number of hydrogen-bond acceptors (Lipinski definition) is 6. The molecule has 0 unspecified atom stereocenters. The van der Waals surface area contributed by atoms with Gasteiger partial charge in [-0.05, 0) is 148 Å². The molecule has 2 aromatic heterocycles. The van der Waals surface area contributed by atoms with E-state index in [0.717, 1.165) is 68.0 Å². The highest BCUT2D eigenvalue weighted by Crippen LogP contribution is 2.55. The minimum absolute atomic E-state index is 0.00638. The SMILES string of the molecule is CC(C)(C)c1ccc(N2c3ccc(C(C)(C)C)cc3B3c4cc5ccsc5cc4Oc4c3c2c2c3c4N(c4ccc(C(C)(C)C)cc4)c4ccc(C(C)(C)C)cc4B3c3cc4ccsc4cc3O2)cc1. The second-order valence-electron chi connectivity index (χ2n) is 24.3. The van der Waals surface area contributed by atoms with Crippen molar-refractivity contribution in [1.82, 2.24) is 0 Å². The van der Waals surface area contributed by atoms with Crippen molar-refractivity contribution in [3.8, 4) is 23.0 Å². The highest BCUT2D eigenvalue weighted by atomic mass is 32.1. The minimum atomic E-state index is -0.153. The van der Waals surface area contributed by atoms with Crippen molar-refractivity contribution in [2.24, 2.45) is 0 Å². The largest absolute Gasteiger partial charge is 0.456 e. The molecule has 0 N–H and O–H groups in total. The van der Waals surface area contributed by atoms with E-state index >= 15 is 0 Å². The molecule has 0 spiro atoms. The first-order valence-electron chi connectivity index (χ1n) is 24.9. The number of nitrogens with zero attached hydrogens (tertiary/aromatic N) is 2. The third-order valence-electron chi connectivity index (χ3n) is 15.5. The summed E-state index contributed by atoms with van der Waals surface area (Å²) in [5.41, 5.74) is 18.8. The summed E-state index contributed by atoms with van der Waals surface area (Å²) in [6.07, 6.45) is 0. The first kappa shape index (κ1) is 43.8. The van der Waals surface area contributed by atoms with Crippen LogP contribution in [-0.2, 0) is 21.7 Å². The Labute approximate surface area is 422 Å². The summed E-state index contributed by atoms with van der Waals surface area (Å²) in [5, 5.41) is 6.89. The van der Waals surface area contributed by atoms with Crippen molar-refractivity contribution < 1.29 is 9.47 Å². The molecule has 0 bridgehead atoms. The molecular weight excluding hydrogens is 890 g/mol. The number of rotatable bonds is 2. The summed E-state index contributed by atoms with van der Waals surface area (Å²) in [7, 11) is 0. The monoisotopic (exact) mass is 948 g/mol. The fraction of sp³-hybridized carbons (Fsp3) is 0.258. The van der Waals surface area contributed by atoms with Gasteiger partial charge in [0.1, 0.15) is 23.0 Å². The summed E-state index contributed by atoms with van der Waals surface area (Å²) >= 11 is 3.55. The Morgan fingerprint density at radius 1 is 0.386 bits per heavy atom. The molecule has 0 saturated carbocycles. The van der Waals surface area contributed by atoms with Crippen LogP contribution in [0.1, 0.15) is 105 Å². The van der Waals surface area contributed by atoms with E-state index in [0.29, 0.717) is 0 Å². The molecule has 0 atom stereocenters. The van der Waals surface area contributed by atoms with Gasteiger partial charge in [-0.15, -0.1) is 22.7 Å². The van der Waals surface area contributed by atoms with Crippen molar-refractivity contribution in [3.05, 3.63) is 154 Å². The van der Waals surface area contributed by atoms with Crippen molar-refractivity contribution in [2.45, 2.75) is 105 Å². The van der Waals surface area contributed by atoms with Gasteiger partial charge >= 0.3 is 0 Å². The molecule has 4 aliphatic heterocycles. The van der Waals surface area contributed by atoms with Gasteiger partial charge in [-0.2, -0.15) is 0 Å². The summed E-state index contributed by atoms with van der Waals surface area (Å²) in [5.74, 6) is 3.61. The number of ether oxygens (including phenoxy) is 2. The van der Waals surface area contributed by atoms with Crippen LogP contribution in [0.4, 0.5) is 34.1 Å². The topological polar surface area (TPSA) is 24.9 Å². The van der Waals surface area contributed by atoms with E-state index in [-0.39, 0.29) is 35.1 Å². The Bertz CT molecular complexity index is 3430. The standard InChI is InChI=1S/C62H58B2N2O2S2/c1-59(2,3)37-13-19-41(20-14-37)65-47-23-17-39(61(7,8)9)31-43(47)63-45-29-35-25-27-70-52(35)34-50(45)68-58-53(63)55(65)57-54-56(58)66(42-21-15-38(16-22-42)60(4,5)6)48-24-18-40(62(10,11)12)32-44(48)64(54)46-30-36-26-28-69-51(36)33-49(46)67-57/h13-34H,1-12H3. The van der Waals surface area contributed by atoms with Crippen LogP contribution in [0.25, 0.3) is 20.2 Å². The molecule has 0 fully saturated rings. The van der Waals surface area contributed by atoms with Gasteiger partial charge in [0.2, 0.25) is 0 Å². The highest BCUT2D eigenvalue weighted by Gasteiger charge is 2.52. The molecule has 346 valence electrons. The molecule has 9 aromatic rings. The van der Waals surface area contributed by atoms with Crippen LogP contribution >= 0.6 is 22.7 Å². The average Bonchev–Trinajstić information content (AvgIpc) is 3.98. The number of anilines is 6. The maximum absolute atomic E-state index is 7.79. The summed E-state index contributed by atoms with van der Waals surface area (Å²) in [6.45, 7) is 27.4. The van der Waals surface area contributed by atoms with Crippen molar-refractivity contribution in [2.75, 3.05) is 9.80 Å². The smallest absolute Gasteiger partial charge is 0.256 e. The predicted molar refractivity (Wildman–Crippen MR) is 304 cm³/mol. The van der Waals surface area contributed by atoms with E-state index < -0.39 is 0 Å². The van der Waals surface area contributed by atoms with E-state index in [1.807, 2.05) is 0 Å². The molecule has 13 rings (SSSR count). The molecule has 0 radical (unpaired) electrons. The Hall–Kier alpha value is -6.21. The highest BCUT2D eigenvalue weighted by molar-refractivity contribution is 7.17. The van der Waals surface area contributed by atoms with Gasteiger partial charge in [-0.1, -0.05) is 144 Å². The second-order valence-corrected chi connectivity index (χ2v) is 26.2. The Morgan fingerprint density at radius 2 is 0.743 bits per heavy atom. The van der Waals surface area contributed by atoms with Crippen LogP contribution in [0.5, 0.6) is 23.0 Å². The van der Waals surface area contributed by atoms with Crippen LogP contribution < -0.4 is 52.1 Å². The zero-order valence-corrected chi connectivity index (χ0v) is 44.0. The molecule has 0 saturated heterocycles. The van der Waals surface area contributed by atoms with Crippen LogP contribution in [0.2, 0.25) is 0 Å². The maximum atomic E-state index is 7.79. The lowest BCUT2D eigenvalue weighted by molar-refractivity contribution is 0.478. The van der Waals surface area contributed by atoms with Crippen molar-refractivity contribution >= 4 is 123 Å². The third kappa shape index (κ3) is 6.47. The van der Waals surface area contributed by atoms with Gasteiger partial charge in [0, 0.05) is 43.1 Å². The van der Waals surface area contributed by atoms with Crippen LogP contribution in [0.15, 0.2) is 132 Å². The Kier molecular flexibility index (Phi) is 9.18. The predicted octanol–water partition coefficient (Wildman–Crippen LogP) is 14.1. The molecule has 0 amide bonds. The van der Waals surface area contributed by atoms with Gasteiger partial charge in [-0.25, -0.2) is 0 Å². The normalized spacial score (nSPS) is 14.7. The summed E-state index contributed by atoms with van der Waals surface area (Å²) in [4.78, 5) is 5.04. The van der Waals surface area contributed by atoms with Gasteiger partial charge in [0.05, 0.1) is 11.4 Å². The molecule has 70 heavy (non-hydrogen) atoms. The molecule has 4 aliphatic rings. The summed E-state index contributed by atoms with van der Waals surface area (Å²) < 4.78 is 18.0. The van der Waals surface area contributed by atoms with E-state index in [2.05, 4.69) is 225 Å². The molecule has 6 heterocycles. The maximum Gasteiger partial charge on any atom is 0.256 e. The van der Waals surface area contributed by atoms with Crippen LogP contribution in [0.3, 0.4) is 0 Å². The molecule has 4 nitrogen and oxygen atoms in total. The van der Waals surface area contributed by atoms with Crippen LogP contribution in [0, 0.1) is 0 Å². The van der Waals surface area contributed by atoms with E-state index in [9.17, 15) is 0 Å². The second kappa shape index (κ2) is 14.7. The van der Waals surface area contributed by atoms with Gasteiger partial charge in [-0.3, -0.25) is 0 Å². The lowest BCUT2D eigenvalue weighted by Crippen LogP contribution is -2.64. The average molecular weight is 949 g/mol. The van der Waals surface area contributed by atoms with Gasteiger partial charge in [0.25, 0.3) is 13.4 Å².